The van der Waals surface area contributed by atoms with Crippen molar-refractivity contribution in [3.8, 4) is 5.95 Å². The summed E-state index contributed by atoms with van der Waals surface area (Å²) in [4.78, 5) is 12.2. The lowest BCUT2D eigenvalue weighted by molar-refractivity contribution is 0.626. The summed E-state index contributed by atoms with van der Waals surface area (Å²) in [5, 5.41) is 7.06. The quantitative estimate of drug-likeness (QED) is 0.802. The Hall–Kier alpha value is -2.54. The Labute approximate surface area is 124 Å². The van der Waals surface area contributed by atoms with Gasteiger partial charge in [0.1, 0.15) is 5.82 Å². The predicted molar refractivity (Wildman–Crippen MR) is 75.7 cm³/mol. The van der Waals surface area contributed by atoms with Crippen LogP contribution in [-0.4, -0.2) is 24.7 Å². The van der Waals surface area contributed by atoms with Crippen molar-refractivity contribution in [3.05, 3.63) is 59.4 Å². The standard InChI is InChI=1S/C13H10ClFN6/c14-11-18-12(16-8-9-3-1-4-10(15)7-9)20-13(19-11)21-6-2-5-17-21/h1-7H,8H2,(H,16,18,19,20). The van der Waals surface area contributed by atoms with Crippen molar-refractivity contribution in [3.63, 3.8) is 0 Å². The van der Waals surface area contributed by atoms with Gasteiger partial charge in [-0.1, -0.05) is 12.1 Å². The van der Waals surface area contributed by atoms with Crippen LogP contribution in [0.1, 0.15) is 5.56 Å². The van der Waals surface area contributed by atoms with E-state index in [0.29, 0.717) is 18.4 Å². The van der Waals surface area contributed by atoms with Gasteiger partial charge in [-0.05, 0) is 35.4 Å². The van der Waals surface area contributed by atoms with Gasteiger partial charge in [0.2, 0.25) is 11.2 Å². The summed E-state index contributed by atoms with van der Waals surface area (Å²) in [5.74, 6) is 0.312. The zero-order valence-electron chi connectivity index (χ0n) is 10.7. The molecule has 0 spiro atoms. The minimum absolute atomic E-state index is 0.0530. The molecule has 1 aromatic carbocycles. The second-order valence-corrected chi connectivity index (χ2v) is 4.50. The minimum Gasteiger partial charge on any atom is -0.350 e. The van der Waals surface area contributed by atoms with Crippen molar-refractivity contribution in [2.75, 3.05) is 5.32 Å². The largest absolute Gasteiger partial charge is 0.350 e. The van der Waals surface area contributed by atoms with Gasteiger partial charge >= 0.3 is 0 Å². The first-order chi connectivity index (χ1) is 10.2. The van der Waals surface area contributed by atoms with Crippen LogP contribution in [0.15, 0.2) is 42.7 Å². The average Bonchev–Trinajstić information content (AvgIpc) is 2.99. The van der Waals surface area contributed by atoms with Crippen LogP contribution in [0.25, 0.3) is 5.95 Å². The lowest BCUT2D eigenvalue weighted by Gasteiger charge is -2.07. The molecule has 0 aliphatic rings. The van der Waals surface area contributed by atoms with Crippen molar-refractivity contribution in [2.45, 2.75) is 6.54 Å². The van der Waals surface area contributed by atoms with Crippen LogP contribution in [0, 0.1) is 5.82 Å². The topological polar surface area (TPSA) is 68.5 Å². The summed E-state index contributed by atoms with van der Waals surface area (Å²) < 4.78 is 14.6. The van der Waals surface area contributed by atoms with E-state index < -0.39 is 0 Å². The highest BCUT2D eigenvalue weighted by atomic mass is 35.5. The number of nitrogens with zero attached hydrogens (tertiary/aromatic N) is 5. The molecular weight excluding hydrogens is 295 g/mol. The molecule has 2 aromatic heterocycles. The molecule has 0 saturated carbocycles. The summed E-state index contributed by atoms with van der Waals surface area (Å²) in [6, 6.07) is 8.01. The van der Waals surface area contributed by atoms with Gasteiger partial charge in [0.05, 0.1) is 0 Å². The molecule has 106 valence electrons. The van der Waals surface area contributed by atoms with Gasteiger partial charge in [0.25, 0.3) is 5.95 Å². The number of halogens is 2. The SMILES string of the molecule is Fc1cccc(CNc2nc(Cl)nc(-n3cccn3)n2)c1. The van der Waals surface area contributed by atoms with E-state index in [4.69, 9.17) is 11.6 Å². The fourth-order valence-electron chi connectivity index (χ4n) is 1.74. The summed E-state index contributed by atoms with van der Waals surface area (Å²) in [7, 11) is 0. The van der Waals surface area contributed by atoms with E-state index in [1.54, 1.807) is 30.6 Å². The maximum absolute atomic E-state index is 13.1. The number of aromatic nitrogens is 5. The molecule has 21 heavy (non-hydrogen) atoms. The maximum Gasteiger partial charge on any atom is 0.256 e. The number of hydrogen-bond donors (Lipinski definition) is 1. The average molecular weight is 305 g/mol. The van der Waals surface area contributed by atoms with Crippen molar-refractivity contribution in [2.24, 2.45) is 0 Å². The van der Waals surface area contributed by atoms with Crippen LogP contribution >= 0.6 is 11.6 Å². The third kappa shape index (κ3) is 3.32. The number of hydrogen-bond acceptors (Lipinski definition) is 5. The van der Waals surface area contributed by atoms with Gasteiger partial charge in [-0.25, -0.2) is 9.07 Å². The molecular formula is C13H10ClFN6. The Morgan fingerprint density at radius 2 is 2.10 bits per heavy atom. The van der Waals surface area contributed by atoms with Crippen molar-refractivity contribution in [1.29, 1.82) is 0 Å². The van der Waals surface area contributed by atoms with E-state index in [2.05, 4.69) is 25.4 Å². The Bertz CT molecular complexity index is 746. The van der Waals surface area contributed by atoms with Crippen LogP contribution in [-0.2, 0) is 6.54 Å². The fourth-order valence-corrected chi connectivity index (χ4v) is 1.89. The Morgan fingerprint density at radius 3 is 2.86 bits per heavy atom. The van der Waals surface area contributed by atoms with E-state index in [-0.39, 0.29) is 11.1 Å². The molecule has 1 N–H and O–H groups in total. The smallest absolute Gasteiger partial charge is 0.256 e. The van der Waals surface area contributed by atoms with Crippen LogP contribution in [0.4, 0.5) is 10.3 Å². The second kappa shape index (κ2) is 5.84. The highest BCUT2D eigenvalue weighted by Crippen LogP contribution is 2.11. The van der Waals surface area contributed by atoms with E-state index in [1.807, 2.05) is 0 Å². The second-order valence-electron chi connectivity index (χ2n) is 4.16. The van der Waals surface area contributed by atoms with Gasteiger partial charge in [-0.3, -0.25) is 0 Å². The molecule has 0 saturated heterocycles. The molecule has 0 atom stereocenters. The zero-order chi connectivity index (χ0) is 14.7. The first-order valence-corrected chi connectivity index (χ1v) is 6.48. The Morgan fingerprint density at radius 1 is 1.19 bits per heavy atom. The fraction of sp³-hybridized carbons (Fsp3) is 0.0769. The third-order valence-electron chi connectivity index (χ3n) is 2.65. The molecule has 3 rings (SSSR count). The van der Waals surface area contributed by atoms with Crippen LogP contribution < -0.4 is 5.32 Å². The first-order valence-electron chi connectivity index (χ1n) is 6.10. The van der Waals surface area contributed by atoms with Crippen LogP contribution in [0.2, 0.25) is 5.28 Å². The van der Waals surface area contributed by atoms with Gasteiger partial charge in [0, 0.05) is 18.9 Å². The number of nitrogens with one attached hydrogen (secondary N) is 1. The van der Waals surface area contributed by atoms with Gasteiger partial charge in [-0.15, -0.1) is 0 Å². The van der Waals surface area contributed by atoms with Crippen molar-refractivity contribution >= 4 is 17.5 Å². The highest BCUT2D eigenvalue weighted by molar-refractivity contribution is 6.28. The summed E-state index contributed by atoms with van der Waals surface area (Å²) in [6.45, 7) is 0.372. The summed E-state index contributed by atoms with van der Waals surface area (Å²) in [5.41, 5.74) is 0.771. The molecule has 6 nitrogen and oxygen atoms in total. The van der Waals surface area contributed by atoms with E-state index in [1.165, 1.54) is 16.8 Å². The number of benzene rings is 1. The predicted octanol–water partition coefficient (Wildman–Crippen LogP) is 2.46. The Balaban J connectivity index is 1.79. The van der Waals surface area contributed by atoms with Crippen molar-refractivity contribution < 1.29 is 4.39 Å². The molecule has 0 amide bonds. The third-order valence-corrected chi connectivity index (χ3v) is 2.81. The van der Waals surface area contributed by atoms with Crippen LogP contribution in [0.5, 0.6) is 0 Å². The Kier molecular flexibility index (Phi) is 3.74. The molecule has 0 aliphatic carbocycles. The lowest BCUT2D eigenvalue weighted by Crippen LogP contribution is -2.09. The molecule has 2 heterocycles. The van der Waals surface area contributed by atoms with Crippen LogP contribution in [0.3, 0.4) is 0 Å². The van der Waals surface area contributed by atoms with Gasteiger partial charge in [-0.2, -0.15) is 20.1 Å². The monoisotopic (exact) mass is 304 g/mol. The summed E-state index contributed by atoms with van der Waals surface area (Å²) in [6.07, 6.45) is 3.31. The highest BCUT2D eigenvalue weighted by Gasteiger charge is 2.07. The van der Waals surface area contributed by atoms with E-state index >= 15 is 0 Å². The maximum atomic E-state index is 13.1. The van der Waals surface area contributed by atoms with E-state index in [0.717, 1.165) is 5.56 Å². The molecule has 0 radical (unpaired) electrons. The number of anilines is 1. The van der Waals surface area contributed by atoms with E-state index in [9.17, 15) is 4.39 Å². The molecule has 0 fully saturated rings. The van der Waals surface area contributed by atoms with Crippen molar-refractivity contribution in [1.82, 2.24) is 24.7 Å². The normalized spacial score (nSPS) is 10.6. The molecule has 0 aliphatic heterocycles. The summed E-state index contributed by atoms with van der Waals surface area (Å²) >= 11 is 5.87. The lowest BCUT2D eigenvalue weighted by atomic mass is 10.2. The molecule has 0 bridgehead atoms. The molecule has 3 aromatic rings. The molecule has 8 heteroatoms. The van der Waals surface area contributed by atoms with Gasteiger partial charge in [0.15, 0.2) is 0 Å². The first kappa shape index (κ1) is 13.4. The molecule has 0 unspecified atom stereocenters. The zero-order valence-corrected chi connectivity index (χ0v) is 11.5. The minimum atomic E-state index is -0.291. The van der Waals surface area contributed by atoms with Gasteiger partial charge < -0.3 is 5.32 Å². The number of rotatable bonds is 4.